The first-order chi connectivity index (χ1) is 12.8. The van der Waals surface area contributed by atoms with Crippen LogP contribution in [0.5, 0.6) is 0 Å². The highest BCUT2D eigenvalue weighted by Gasteiger charge is 2.23. The first kappa shape index (κ1) is 18.9. The van der Waals surface area contributed by atoms with Crippen LogP contribution in [0.1, 0.15) is 36.7 Å². The summed E-state index contributed by atoms with van der Waals surface area (Å²) in [6, 6.07) is 14.4. The fraction of sp³-hybridized carbons (Fsp3) is 0.381. The first-order valence-corrected chi connectivity index (χ1v) is 9.15. The molecule has 2 aromatic carbocycles. The smallest absolute Gasteiger partial charge is 0.269 e. The maximum atomic E-state index is 12.8. The minimum absolute atomic E-state index is 0.0545. The third kappa shape index (κ3) is 4.27. The van der Waals surface area contributed by atoms with Gasteiger partial charge in [-0.05, 0) is 35.2 Å². The van der Waals surface area contributed by atoms with Crippen LogP contribution in [-0.4, -0.2) is 41.9 Å². The van der Waals surface area contributed by atoms with Crippen molar-refractivity contribution in [3.8, 4) is 0 Å². The Labute approximate surface area is 159 Å². The van der Waals surface area contributed by atoms with Gasteiger partial charge in [-0.2, -0.15) is 0 Å². The zero-order chi connectivity index (χ0) is 19.6. The molecule has 3 rings (SSSR count). The molecule has 1 aliphatic rings. The van der Waals surface area contributed by atoms with Crippen LogP contribution in [0.15, 0.2) is 48.5 Å². The summed E-state index contributed by atoms with van der Waals surface area (Å²) in [5.74, 6) is 0.0545. The summed E-state index contributed by atoms with van der Waals surface area (Å²) in [6.45, 7) is 9.16. The van der Waals surface area contributed by atoms with Crippen molar-refractivity contribution in [2.45, 2.75) is 26.2 Å². The van der Waals surface area contributed by atoms with Crippen molar-refractivity contribution in [2.75, 3.05) is 31.1 Å². The van der Waals surface area contributed by atoms with Crippen LogP contribution in [0.3, 0.4) is 0 Å². The number of nitrogens with zero attached hydrogens (tertiary/aromatic N) is 3. The van der Waals surface area contributed by atoms with E-state index in [2.05, 4.69) is 25.7 Å². The quantitative estimate of drug-likeness (QED) is 0.610. The molecule has 27 heavy (non-hydrogen) atoms. The molecular weight excluding hydrogens is 342 g/mol. The number of nitro benzene ring substituents is 1. The largest absolute Gasteiger partial charge is 0.368 e. The van der Waals surface area contributed by atoms with Gasteiger partial charge in [0.1, 0.15) is 0 Å². The van der Waals surface area contributed by atoms with Crippen molar-refractivity contribution in [3.05, 3.63) is 69.8 Å². The summed E-state index contributed by atoms with van der Waals surface area (Å²) in [7, 11) is 0. The van der Waals surface area contributed by atoms with Crippen molar-refractivity contribution in [1.82, 2.24) is 4.90 Å². The van der Waals surface area contributed by atoms with Crippen LogP contribution < -0.4 is 4.90 Å². The number of benzene rings is 2. The number of carbonyl (C=O) groups excluding carboxylic acids is 1. The fourth-order valence-electron chi connectivity index (χ4n) is 3.25. The van der Waals surface area contributed by atoms with Gasteiger partial charge in [0.2, 0.25) is 0 Å². The third-order valence-corrected chi connectivity index (χ3v) is 4.99. The molecule has 0 aliphatic carbocycles. The van der Waals surface area contributed by atoms with E-state index in [0.29, 0.717) is 31.7 Å². The molecule has 0 aromatic heterocycles. The predicted octanol–water partition coefficient (Wildman–Crippen LogP) is 3.85. The Hall–Kier alpha value is -2.89. The predicted molar refractivity (Wildman–Crippen MR) is 106 cm³/mol. The van der Waals surface area contributed by atoms with Crippen LogP contribution in [0, 0.1) is 10.1 Å². The van der Waals surface area contributed by atoms with Gasteiger partial charge in [-0.15, -0.1) is 0 Å². The van der Waals surface area contributed by atoms with Gasteiger partial charge < -0.3 is 9.80 Å². The summed E-state index contributed by atoms with van der Waals surface area (Å²) in [5, 5.41) is 10.8. The molecule has 0 N–H and O–H groups in total. The Balaban J connectivity index is 1.61. The standard InChI is InChI=1S/C21H25N3O3/c1-21(2,3)17-6-4-16(5-7-17)20(25)23-14-12-22(13-15-23)18-8-10-19(11-9-18)24(26)27/h4-11H,12-15H2,1-3H3. The molecule has 6 heteroatoms. The van der Waals surface area contributed by atoms with Gasteiger partial charge in [-0.25, -0.2) is 0 Å². The van der Waals surface area contributed by atoms with Crippen LogP contribution in [0.4, 0.5) is 11.4 Å². The normalized spacial score (nSPS) is 14.9. The highest BCUT2D eigenvalue weighted by Crippen LogP contribution is 2.24. The van der Waals surface area contributed by atoms with Gasteiger partial charge in [-0.3, -0.25) is 14.9 Å². The van der Waals surface area contributed by atoms with Crippen molar-refractivity contribution in [3.63, 3.8) is 0 Å². The molecule has 0 saturated carbocycles. The van der Waals surface area contributed by atoms with E-state index in [9.17, 15) is 14.9 Å². The lowest BCUT2D eigenvalue weighted by molar-refractivity contribution is -0.384. The molecule has 1 fully saturated rings. The number of hydrogen-bond acceptors (Lipinski definition) is 4. The van der Waals surface area contributed by atoms with Crippen molar-refractivity contribution < 1.29 is 9.72 Å². The lowest BCUT2D eigenvalue weighted by Crippen LogP contribution is -2.48. The molecule has 0 bridgehead atoms. The van der Waals surface area contributed by atoms with Gasteiger partial charge >= 0.3 is 0 Å². The summed E-state index contributed by atoms with van der Waals surface area (Å²) in [6.07, 6.45) is 0. The number of hydrogen-bond donors (Lipinski definition) is 0. The summed E-state index contributed by atoms with van der Waals surface area (Å²) < 4.78 is 0. The molecule has 1 amide bonds. The first-order valence-electron chi connectivity index (χ1n) is 9.15. The monoisotopic (exact) mass is 367 g/mol. The highest BCUT2D eigenvalue weighted by molar-refractivity contribution is 5.94. The van der Waals surface area contributed by atoms with Crippen LogP contribution in [-0.2, 0) is 5.41 Å². The minimum Gasteiger partial charge on any atom is -0.368 e. The second-order valence-corrected chi connectivity index (χ2v) is 7.88. The molecule has 0 atom stereocenters. The van der Waals surface area contributed by atoms with E-state index in [-0.39, 0.29) is 17.0 Å². The number of rotatable bonds is 3. The summed E-state index contributed by atoms with van der Waals surface area (Å²) in [5.41, 5.74) is 3.03. The lowest BCUT2D eigenvalue weighted by atomic mass is 9.86. The maximum absolute atomic E-state index is 12.8. The Morgan fingerprint density at radius 1 is 0.926 bits per heavy atom. The molecular formula is C21H25N3O3. The van der Waals surface area contributed by atoms with E-state index < -0.39 is 4.92 Å². The van der Waals surface area contributed by atoms with Gasteiger partial charge in [0, 0.05) is 49.6 Å². The summed E-state index contributed by atoms with van der Waals surface area (Å²) >= 11 is 0. The number of nitro groups is 1. The average molecular weight is 367 g/mol. The molecule has 0 radical (unpaired) electrons. The van der Waals surface area contributed by atoms with Crippen LogP contribution in [0.2, 0.25) is 0 Å². The number of amides is 1. The topological polar surface area (TPSA) is 66.7 Å². The number of non-ortho nitro benzene ring substituents is 1. The van der Waals surface area contributed by atoms with Crippen molar-refractivity contribution in [1.29, 1.82) is 0 Å². The zero-order valence-corrected chi connectivity index (χ0v) is 16.0. The second-order valence-electron chi connectivity index (χ2n) is 7.88. The van der Waals surface area contributed by atoms with Crippen molar-refractivity contribution in [2.24, 2.45) is 0 Å². The Bertz CT molecular complexity index is 815. The number of carbonyl (C=O) groups is 1. The minimum atomic E-state index is -0.398. The molecule has 6 nitrogen and oxygen atoms in total. The van der Waals surface area contributed by atoms with Crippen LogP contribution >= 0.6 is 0 Å². The Morgan fingerprint density at radius 2 is 1.48 bits per heavy atom. The fourth-order valence-corrected chi connectivity index (χ4v) is 3.25. The van der Waals surface area contributed by atoms with Crippen LogP contribution in [0.25, 0.3) is 0 Å². The van der Waals surface area contributed by atoms with Gasteiger partial charge in [-0.1, -0.05) is 32.9 Å². The Kier molecular flexibility index (Phi) is 5.17. The lowest BCUT2D eigenvalue weighted by Gasteiger charge is -2.36. The number of piperazine rings is 1. The SMILES string of the molecule is CC(C)(C)c1ccc(C(=O)N2CCN(c3ccc([N+](=O)[O-])cc3)CC2)cc1. The molecule has 1 heterocycles. The van der Waals surface area contributed by atoms with E-state index >= 15 is 0 Å². The molecule has 2 aromatic rings. The zero-order valence-electron chi connectivity index (χ0n) is 16.0. The second kappa shape index (κ2) is 7.39. The molecule has 0 spiro atoms. The van der Waals surface area contributed by atoms with Crippen molar-refractivity contribution >= 4 is 17.3 Å². The maximum Gasteiger partial charge on any atom is 0.269 e. The van der Waals surface area contributed by atoms with E-state index in [1.165, 1.54) is 17.7 Å². The molecule has 142 valence electrons. The third-order valence-electron chi connectivity index (χ3n) is 4.99. The average Bonchev–Trinajstić information content (AvgIpc) is 2.67. The van der Waals surface area contributed by atoms with Gasteiger partial charge in [0.25, 0.3) is 11.6 Å². The van der Waals surface area contributed by atoms with E-state index in [1.807, 2.05) is 29.2 Å². The van der Waals surface area contributed by atoms with Gasteiger partial charge in [0.15, 0.2) is 0 Å². The summed E-state index contributed by atoms with van der Waals surface area (Å²) in [4.78, 5) is 27.1. The number of anilines is 1. The van der Waals surface area contributed by atoms with E-state index in [0.717, 1.165) is 5.69 Å². The highest BCUT2D eigenvalue weighted by atomic mass is 16.6. The molecule has 0 unspecified atom stereocenters. The molecule has 1 aliphatic heterocycles. The van der Waals surface area contributed by atoms with Gasteiger partial charge in [0.05, 0.1) is 4.92 Å². The molecule has 1 saturated heterocycles. The Morgan fingerprint density at radius 3 is 1.96 bits per heavy atom. The van der Waals surface area contributed by atoms with E-state index in [1.54, 1.807) is 12.1 Å². The van der Waals surface area contributed by atoms with E-state index in [4.69, 9.17) is 0 Å².